The van der Waals surface area contributed by atoms with Crippen LogP contribution in [0.5, 0.6) is 0 Å². The molecule has 0 saturated carbocycles. The fraction of sp³-hybridized carbons (Fsp3) is 0.286. The first kappa shape index (κ1) is 7.95. The van der Waals surface area contributed by atoms with Gasteiger partial charge in [-0.15, -0.1) is 0 Å². The first-order chi connectivity index (χ1) is 4.20. The van der Waals surface area contributed by atoms with Gasteiger partial charge < -0.3 is 4.74 Å². The van der Waals surface area contributed by atoms with Gasteiger partial charge >= 0.3 is 5.97 Å². The van der Waals surface area contributed by atoms with E-state index < -0.39 is 0 Å². The van der Waals surface area contributed by atoms with Crippen LogP contribution in [0.2, 0.25) is 0 Å². The van der Waals surface area contributed by atoms with Crippen molar-refractivity contribution in [3.05, 3.63) is 25.3 Å². The third kappa shape index (κ3) is 3.53. The molecule has 0 radical (unpaired) electrons. The molecule has 0 aliphatic heterocycles. The summed E-state index contributed by atoms with van der Waals surface area (Å²) in [4.78, 5) is 10.3. The third-order valence-corrected chi connectivity index (χ3v) is 0.767. The highest BCUT2D eigenvalue weighted by molar-refractivity contribution is 5.66. The van der Waals surface area contributed by atoms with Gasteiger partial charge in [-0.1, -0.05) is 13.2 Å². The lowest BCUT2D eigenvalue weighted by Crippen LogP contribution is -2.09. The Morgan fingerprint density at radius 2 is 2.00 bits per heavy atom. The van der Waals surface area contributed by atoms with Crippen LogP contribution >= 0.6 is 0 Å². The highest BCUT2D eigenvalue weighted by atomic mass is 16.5. The molecule has 50 valence electrons. The maximum absolute atomic E-state index is 10.3. The molecule has 0 aromatic heterocycles. The van der Waals surface area contributed by atoms with Gasteiger partial charge in [0.25, 0.3) is 0 Å². The summed E-state index contributed by atoms with van der Waals surface area (Å²) in [5.41, 5.74) is 0. The predicted molar refractivity (Wildman–Crippen MR) is 35.9 cm³/mol. The molecule has 2 heteroatoms. The van der Waals surface area contributed by atoms with Crippen LogP contribution in [0.4, 0.5) is 0 Å². The van der Waals surface area contributed by atoms with E-state index in [-0.39, 0.29) is 12.1 Å². The van der Waals surface area contributed by atoms with Crippen LogP contribution in [0.3, 0.4) is 0 Å². The monoisotopic (exact) mass is 126 g/mol. The molecule has 0 fully saturated rings. The van der Waals surface area contributed by atoms with E-state index in [0.717, 1.165) is 0 Å². The maximum atomic E-state index is 10.3. The van der Waals surface area contributed by atoms with Crippen molar-refractivity contribution < 1.29 is 9.53 Å². The fourth-order valence-electron chi connectivity index (χ4n) is 0.384. The summed E-state index contributed by atoms with van der Waals surface area (Å²) in [7, 11) is 0. The van der Waals surface area contributed by atoms with Crippen LogP contribution in [0.1, 0.15) is 6.92 Å². The van der Waals surface area contributed by atoms with E-state index in [9.17, 15) is 4.79 Å². The molecule has 0 atom stereocenters. The molecule has 9 heavy (non-hydrogen) atoms. The number of hydrogen-bond donors (Lipinski definition) is 0. The van der Waals surface area contributed by atoms with Gasteiger partial charge in [0.15, 0.2) is 0 Å². The van der Waals surface area contributed by atoms with E-state index in [2.05, 4.69) is 17.9 Å². The summed E-state index contributed by atoms with van der Waals surface area (Å²) < 4.78 is 4.67. The van der Waals surface area contributed by atoms with Crippen molar-refractivity contribution in [1.82, 2.24) is 0 Å². The van der Waals surface area contributed by atoms with E-state index in [4.69, 9.17) is 0 Å². The van der Waals surface area contributed by atoms with Gasteiger partial charge in [0, 0.05) is 6.92 Å². The number of hydrogen-bond acceptors (Lipinski definition) is 2. The summed E-state index contributed by atoms with van der Waals surface area (Å²) in [6.45, 7) is 8.22. The predicted octanol–water partition coefficient (Wildman–Crippen LogP) is 1.29. The zero-order chi connectivity index (χ0) is 7.28. The summed E-state index contributed by atoms with van der Waals surface area (Å²) in [6.07, 6.45) is 2.67. The fourth-order valence-corrected chi connectivity index (χ4v) is 0.384. The van der Waals surface area contributed by atoms with Crippen LogP contribution in [0.25, 0.3) is 0 Å². The number of ether oxygens (including phenoxy) is 1. The van der Waals surface area contributed by atoms with Crippen LogP contribution in [-0.4, -0.2) is 12.1 Å². The molecule has 0 aromatic rings. The summed E-state index contributed by atoms with van der Waals surface area (Å²) in [5, 5.41) is 0. The van der Waals surface area contributed by atoms with Gasteiger partial charge in [0.1, 0.15) is 6.10 Å². The van der Waals surface area contributed by atoms with Gasteiger partial charge in [-0.2, -0.15) is 0 Å². The molecule has 0 aromatic carbocycles. The summed E-state index contributed by atoms with van der Waals surface area (Å²) >= 11 is 0. The topological polar surface area (TPSA) is 26.3 Å². The summed E-state index contributed by atoms with van der Waals surface area (Å²) in [5.74, 6) is -0.320. The van der Waals surface area contributed by atoms with E-state index >= 15 is 0 Å². The number of rotatable bonds is 3. The standard InChI is InChI=1S/C7H10O2/c1-4-7(5-2)9-6(3)8/h4-5,7H,1-2H2,3H3. The average molecular weight is 126 g/mol. The van der Waals surface area contributed by atoms with Gasteiger partial charge in [-0.3, -0.25) is 4.79 Å². The molecule has 0 aliphatic rings. The molecule has 0 heterocycles. The molecular weight excluding hydrogens is 116 g/mol. The quantitative estimate of drug-likeness (QED) is 0.420. The zero-order valence-corrected chi connectivity index (χ0v) is 5.46. The molecule has 0 unspecified atom stereocenters. The molecule has 0 bridgehead atoms. The van der Waals surface area contributed by atoms with Gasteiger partial charge in [0.05, 0.1) is 0 Å². The number of carbonyl (C=O) groups excluding carboxylic acids is 1. The molecule has 0 saturated heterocycles. The molecule has 0 spiro atoms. The minimum absolute atomic E-state index is 0.320. The van der Waals surface area contributed by atoms with Crippen molar-refractivity contribution in [3.63, 3.8) is 0 Å². The highest BCUT2D eigenvalue weighted by Gasteiger charge is 1.99. The molecule has 2 nitrogen and oxygen atoms in total. The Morgan fingerprint density at radius 1 is 1.56 bits per heavy atom. The van der Waals surface area contributed by atoms with Crippen molar-refractivity contribution in [2.45, 2.75) is 13.0 Å². The lowest BCUT2D eigenvalue weighted by molar-refractivity contribution is -0.142. The van der Waals surface area contributed by atoms with Crippen LogP contribution in [0.15, 0.2) is 25.3 Å². The highest BCUT2D eigenvalue weighted by Crippen LogP contribution is 1.93. The maximum Gasteiger partial charge on any atom is 0.303 e. The first-order valence-corrected chi connectivity index (χ1v) is 2.63. The normalized spacial score (nSPS) is 8.67. The van der Waals surface area contributed by atoms with Crippen molar-refractivity contribution in [2.24, 2.45) is 0 Å². The lowest BCUT2D eigenvalue weighted by Gasteiger charge is -2.05. The second kappa shape index (κ2) is 3.89. The Balaban J connectivity index is 3.68. The Labute approximate surface area is 54.8 Å². The Kier molecular flexibility index (Phi) is 3.44. The molecule has 0 aliphatic carbocycles. The van der Waals surface area contributed by atoms with Crippen molar-refractivity contribution in [1.29, 1.82) is 0 Å². The van der Waals surface area contributed by atoms with Crippen LogP contribution < -0.4 is 0 Å². The Hall–Kier alpha value is -1.05. The molecule has 0 rings (SSSR count). The molecule has 0 N–H and O–H groups in total. The largest absolute Gasteiger partial charge is 0.454 e. The number of carbonyl (C=O) groups is 1. The van der Waals surface area contributed by atoms with Gasteiger partial charge in [-0.05, 0) is 12.2 Å². The minimum Gasteiger partial charge on any atom is -0.454 e. The second-order valence-electron chi connectivity index (χ2n) is 1.55. The van der Waals surface area contributed by atoms with E-state index in [1.165, 1.54) is 19.1 Å². The third-order valence-electron chi connectivity index (χ3n) is 0.767. The number of esters is 1. The van der Waals surface area contributed by atoms with Crippen molar-refractivity contribution in [3.8, 4) is 0 Å². The second-order valence-corrected chi connectivity index (χ2v) is 1.55. The Bertz CT molecular complexity index is 119. The van der Waals surface area contributed by atoms with Gasteiger partial charge in [-0.25, -0.2) is 0 Å². The minimum atomic E-state index is -0.345. The van der Waals surface area contributed by atoms with E-state index in [1.807, 2.05) is 0 Å². The molecular formula is C7H10O2. The SMILES string of the molecule is C=CC(C=C)OC(C)=O. The van der Waals surface area contributed by atoms with Crippen LogP contribution in [0, 0.1) is 0 Å². The summed E-state index contributed by atoms with van der Waals surface area (Å²) in [6, 6.07) is 0. The van der Waals surface area contributed by atoms with Gasteiger partial charge in [0.2, 0.25) is 0 Å². The lowest BCUT2D eigenvalue weighted by atomic mass is 10.3. The smallest absolute Gasteiger partial charge is 0.303 e. The first-order valence-electron chi connectivity index (χ1n) is 2.63. The Morgan fingerprint density at radius 3 is 2.11 bits per heavy atom. The van der Waals surface area contributed by atoms with Crippen molar-refractivity contribution in [2.75, 3.05) is 0 Å². The average Bonchev–Trinajstić information content (AvgIpc) is 1.82. The molecule has 0 amide bonds. The van der Waals surface area contributed by atoms with E-state index in [1.54, 1.807) is 0 Å². The van der Waals surface area contributed by atoms with Crippen LogP contribution in [-0.2, 0) is 9.53 Å². The van der Waals surface area contributed by atoms with Crippen molar-refractivity contribution >= 4 is 5.97 Å². The van der Waals surface area contributed by atoms with E-state index in [0.29, 0.717) is 0 Å². The zero-order valence-electron chi connectivity index (χ0n) is 5.46.